The fourth-order valence-corrected chi connectivity index (χ4v) is 3.02. The lowest BCUT2D eigenvalue weighted by Crippen LogP contribution is -2.15. The Kier molecular flexibility index (Phi) is 5.99. The summed E-state index contributed by atoms with van der Waals surface area (Å²) in [6.45, 7) is 14.3. The minimum Gasteiger partial charge on any atom is -0.507 e. The number of hydrogen-bond donors (Lipinski definition) is 2. The molecule has 2 N–H and O–H groups in total. The molecule has 2 aromatic rings. The largest absolute Gasteiger partial charge is 0.507 e. The smallest absolute Gasteiger partial charge is 0.339 e. The molecule has 0 bridgehead atoms. The van der Waals surface area contributed by atoms with Gasteiger partial charge in [0.1, 0.15) is 23.7 Å². The minimum absolute atomic E-state index is 0.0244. The molecule has 0 aliphatic rings. The van der Waals surface area contributed by atoms with Crippen molar-refractivity contribution in [1.82, 2.24) is 0 Å². The first-order valence-electron chi connectivity index (χ1n) is 9.03. The van der Waals surface area contributed by atoms with E-state index in [0.29, 0.717) is 17.9 Å². The van der Waals surface area contributed by atoms with Crippen molar-refractivity contribution in [3.8, 4) is 11.5 Å². The van der Waals surface area contributed by atoms with E-state index in [1.807, 2.05) is 32.1 Å². The van der Waals surface area contributed by atoms with E-state index in [9.17, 15) is 15.0 Å². The van der Waals surface area contributed by atoms with Crippen LogP contribution >= 0.6 is 0 Å². The van der Waals surface area contributed by atoms with Crippen molar-refractivity contribution >= 4 is 12.0 Å². The van der Waals surface area contributed by atoms with Crippen LogP contribution in [0.5, 0.6) is 11.5 Å². The Balaban J connectivity index is 2.40. The lowest BCUT2D eigenvalue weighted by molar-refractivity contribution is 0.0693. The number of rotatable bonds is 6. The average molecular weight is 368 g/mol. The summed E-state index contributed by atoms with van der Waals surface area (Å²) in [6.07, 6.45) is 1.81. The van der Waals surface area contributed by atoms with Crippen molar-refractivity contribution in [2.45, 2.75) is 52.6 Å². The van der Waals surface area contributed by atoms with Crippen molar-refractivity contribution in [3.63, 3.8) is 0 Å². The molecule has 0 saturated heterocycles. The molecule has 0 unspecified atom stereocenters. The highest BCUT2D eigenvalue weighted by atomic mass is 16.5. The second kappa shape index (κ2) is 7.87. The van der Waals surface area contributed by atoms with Gasteiger partial charge in [-0.1, -0.05) is 65.5 Å². The van der Waals surface area contributed by atoms with Crippen LogP contribution in [0.3, 0.4) is 0 Å². The zero-order valence-corrected chi connectivity index (χ0v) is 16.7. The highest BCUT2D eigenvalue weighted by Gasteiger charge is 2.20. The molecule has 0 amide bonds. The molecule has 144 valence electrons. The number of carboxylic acids is 1. The number of carbonyl (C=O) groups is 1. The number of hydrogen-bond acceptors (Lipinski definition) is 3. The molecule has 4 nitrogen and oxygen atoms in total. The van der Waals surface area contributed by atoms with Crippen LogP contribution in [0.4, 0.5) is 0 Å². The monoisotopic (exact) mass is 368 g/mol. The van der Waals surface area contributed by atoms with Gasteiger partial charge in [-0.25, -0.2) is 4.79 Å². The van der Waals surface area contributed by atoms with Crippen LogP contribution in [-0.2, 0) is 12.0 Å². The molecule has 0 saturated carbocycles. The first-order valence-corrected chi connectivity index (χ1v) is 9.03. The van der Waals surface area contributed by atoms with Gasteiger partial charge >= 0.3 is 5.97 Å². The Labute approximate surface area is 161 Å². The third-order valence-corrected chi connectivity index (χ3v) is 4.54. The van der Waals surface area contributed by atoms with E-state index in [-0.39, 0.29) is 22.6 Å². The summed E-state index contributed by atoms with van der Waals surface area (Å²) in [5, 5.41) is 19.6. The van der Waals surface area contributed by atoms with E-state index in [0.717, 1.165) is 16.7 Å². The first-order chi connectivity index (χ1) is 12.5. The molecule has 27 heavy (non-hydrogen) atoms. The fourth-order valence-electron chi connectivity index (χ4n) is 3.02. The summed E-state index contributed by atoms with van der Waals surface area (Å²) >= 11 is 0. The van der Waals surface area contributed by atoms with Gasteiger partial charge < -0.3 is 14.9 Å². The maximum atomic E-state index is 11.5. The van der Waals surface area contributed by atoms with Gasteiger partial charge in [-0.3, -0.25) is 0 Å². The maximum absolute atomic E-state index is 11.5. The summed E-state index contributed by atoms with van der Waals surface area (Å²) in [6, 6.07) is 9.18. The molecule has 0 fully saturated rings. The lowest BCUT2D eigenvalue weighted by Gasteiger charge is -2.24. The van der Waals surface area contributed by atoms with Crippen LogP contribution in [-0.4, -0.2) is 16.2 Å². The van der Waals surface area contributed by atoms with Crippen LogP contribution in [0.15, 0.2) is 36.9 Å². The number of aromatic hydroxyl groups is 1. The minimum atomic E-state index is -1.18. The SMILES string of the molecule is C=Cc1ccc(COc2cc(C(=O)O)c(O)c(C(C)C)c2)c(C(C)(C)C)c1. The van der Waals surface area contributed by atoms with E-state index in [1.165, 1.54) is 6.07 Å². The number of aromatic carboxylic acids is 1. The molecular formula is C23H28O4. The van der Waals surface area contributed by atoms with Crippen molar-refractivity contribution in [2.24, 2.45) is 0 Å². The van der Waals surface area contributed by atoms with Gasteiger partial charge in [-0.2, -0.15) is 0 Å². The van der Waals surface area contributed by atoms with Gasteiger partial charge in [-0.05, 0) is 40.2 Å². The van der Waals surface area contributed by atoms with Gasteiger partial charge in [0.15, 0.2) is 0 Å². The highest BCUT2D eigenvalue weighted by Crippen LogP contribution is 2.34. The summed E-state index contributed by atoms with van der Waals surface area (Å²) < 4.78 is 5.94. The zero-order valence-electron chi connectivity index (χ0n) is 16.7. The topological polar surface area (TPSA) is 66.8 Å². The third kappa shape index (κ3) is 4.70. The normalized spacial score (nSPS) is 11.5. The maximum Gasteiger partial charge on any atom is 0.339 e. The molecule has 0 aliphatic carbocycles. The highest BCUT2D eigenvalue weighted by molar-refractivity contribution is 5.92. The molecule has 0 aliphatic heterocycles. The second-order valence-corrected chi connectivity index (χ2v) is 8.03. The van der Waals surface area contributed by atoms with E-state index in [2.05, 4.69) is 33.4 Å². The number of ether oxygens (including phenoxy) is 1. The van der Waals surface area contributed by atoms with Crippen LogP contribution < -0.4 is 4.74 Å². The van der Waals surface area contributed by atoms with Crippen LogP contribution in [0, 0.1) is 0 Å². The van der Waals surface area contributed by atoms with E-state index >= 15 is 0 Å². The number of carboxylic acid groups (broad SMARTS) is 1. The van der Waals surface area contributed by atoms with Gasteiger partial charge in [0.25, 0.3) is 0 Å². The van der Waals surface area contributed by atoms with Crippen LogP contribution in [0.2, 0.25) is 0 Å². The Morgan fingerprint density at radius 1 is 1.22 bits per heavy atom. The van der Waals surface area contributed by atoms with E-state index < -0.39 is 5.97 Å². The lowest BCUT2D eigenvalue weighted by atomic mass is 9.83. The predicted octanol–water partition coefficient (Wildman–Crippen LogP) is 5.73. The molecule has 0 heterocycles. The van der Waals surface area contributed by atoms with Crippen molar-refractivity contribution in [1.29, 1.82) is 0 Å². The van der Waals surface area contributed by atoms with Crippen LogP contribution in [0.1, 0.15) is 73.1 Å². The molecule has 4 heteroatoms. The number of benzene rings is 2. The molecule has 2 aromatic carbocycles. The summed E-state index contributed by atoms with van der Waals surface area (Å²) in [7, 11) is 0. The van der Waals surface area contributed by atoms with Gasteiger partial charge in [-0.15, -0.1) is 0 Å². The van der Waals surface area contributed by atoms with Crippen molar-refractivity contribution in [2.75, 3.05) is 0 Å². The zero-order chi connectivity index (χ0) is 20.4. The second-order valence-electron chi connectivity index (χ2n) is 8.03. The standard InChI is InChI=1S/C23H28O4/c1-7-15-8-9-16(20(10-15)23(4,5)6)13-27-17-11-18(14(2)3)21(24)19(12-17)22(25)26/h7-12,14,24H,1,13H2,2-6H3,(H,25,26). The molecule has 0 atom stereocenters. The quantitative estimate of drug-likeness (QED) is 0.683. The van der Waals surface area contributed by atoms with Crippen LogP contribution in [0.25, 0.3) is 6.08 Å². The predicted molar refractivity (Wildman–Crippen MR) is 109 cm³/mol. The first kappa shape index (κ1) is 20.6. The third-order valence-electron chi connectivity index (χ3n) is 4.54. The summed E-state index contributed by atoms with van der Waals surface area (Å²) in [4.78, 5) is 11.5. The van der Waals surface area contributed by atoms with Gasteiger partial charge in [0, 0.05) is 5.56 Å². The Morgan fingerprint density at radius 3 is 2.41 bits per heavy atom. The molecule has 2 rings (SSSR count). The Morgan fingerprint density at radius 2 is 1.89 bits per heavy atom. The Bertz CT molecular complexity index is 857. The molecule has 0 spiro atoms. The van der Waals surface area contributed by atoms with E-state index in [4.69, 9.17) is 4.74 Å². The summed E-state index contributed by atoms with van der Waals surface area (Å²) in [5.74, 6) is -0.966. The molecule has 0 radical (unpaired) electrons. The van der Waals surface area contributed by atoms with Gasteiger partial charge in [0.2, 0.25) is 0 Å². The van der Waals surface area contributed by atoms with Crippen molar-refractivity contribution in [3.05, 3.63) is 64.7 Å². The molecular weight excluding hydrogens is 340 g/mol. The van der Waals surface area contributed by atoms with Crippen molar-refractivity contribution < 1.29 is 19.7 Å². The van der Waals surface area contributed by atoms with Gasteiger partial charge in [0.05, 0.1) is 0 Å². The fraction of sp³-hybridized carbons (Fsp3) is 0.348. The average Bonchev–Trinajstić information content (AvgIpc) is 2.59. The molecule has 0 aromatic heterocycles. The van der Waals surface area contributed by atoms with E-state index in [1.54, 1.807) is 6.07 Å². The Hall–Kier alpha value is -2.75. The number of phenols is 1. The summed E-state index contributed by atoms with van der Waals surface area (Å²) in [5.41, 5.74) is 3.58.